The first kappa shape index (κ1) is 19.0. The predicted molar refractivity (Wildman–Crippen MR) is 103 cm³/mol. The fourth-order valence-electron chi connectivity index (χ4n) is 3.17. The van der Waals surface area contributed by atoms with E-state index in [4.69, 9.17) is 9.31 Å². The van der Waals surface area contributed by atoms with Crippen LogP contribution in [0.2, 0.25) is 0 Å². The number of nitrogens with zero attached hydrogens (tertiary/aromatic N) is 2. The summed E-state index contributed by atoms with van der Waals surface area (Å²) in [4.78, 5) is 0. The van der Waals surface area contributed by atoms with Gasteiger partial charge in [0.25, 0.3) is 0 Å². The monoisotopic (exact) mass is 354 g/mol. The highest BCUT2D eigenvalue weighted by Gasteiger charge is 2.51. The zero-order chi connectivity index (χ0) is 19.3. The van der Waals surface area contributed by atoms with Crippen molar-refractivity contribution in [1.29, 1.82) is 5.26 Å². The maximum atomic E-state index is 9.62. The Hall–Kier alpha value is -1.81. The molecule has 138 valence electrons. The number of hydrogen-bond acceptors (Lipinski definition) is 4. The second-order valence-electron chi connectivity index (χ2n) is 8.97. The van der Waals surface area contributed by atoms with Crippen molar-refractivity contribution in [3.8, 4) is 6.07 Å². The maximum absolute atomic E-state index is 9.62. The van der Waals surface area contributed by atoms with Crippen LogP contribution in [0.1, 0.15) is 47.1 Å². The number of aliphatic hydroxyl groups excluding tert-OH is 1. The lowest BCUT2D eigenvalue weighted by Gasteiger charge is -2.32. The standard InChI is InChI=1S/C20H27BN2O3/c1-18(2,13-24)12-23-11-14(10-22)16-8-7-15(9-17(16)23)21-25-19(3,4)20(5,6)26-21/h7-9,11,24H,12-13H2,1-6H3. The van der Waals surface area contributed by atoms with Gasteiger partial charge in [0, 0.05) is 35.7 Å². The Labute approximate surface area is 155 Å². The maximum Gasteiger partial charge on any atom is 0.494 e. The normalized spacial score (nSPS) is 19.1. The van der Waals surface area contributed by atoms with E-state index < -0.39 is 18.3 Å². The number of rotatable bonds is 4. The van der Waals surface area contributed by atoms with Crippen LogP contribution >= 0.6 is 0 Å². The average Bonchev–Trinajstić information content (AvgIpc) is 3.00. The number of fused-ring (bicyclic) bond motifs is 1. The molecule has 0 saturated carbocycles. The van der Waals surface area contributed by atoms with Gasteiger partial charge in [-0.25, -0.2) is 0 Å². The smallest absolute Gasteiger partial charge is 0.399 e. The second kappa shape index (κ2) is 6.12. The summed E-state index contributed by atoms with van der Waals surface area (Å²) in [6, 6.07) is 8.22. The van der Waals surface area contributed by atoms with Gasteiger partial charge in [-0.15, -0.1) is 0 Å². The lowest BCUT2D eigenvalue weighted by atomic mass is 9.78. The van der Waals surface area contributed by atoms with Crippen molar-refractivity contribution in [2.24, 2.45) is 5.41 Å². The SMILES string of the molecule is CC(C)(CO)Cn1cc(C#N)c2ccc(B3OC(C)(C)C(C)(C)O3)cc21. The van der Waals surface area contributed by atoms with E-state index in [0.717, 1.165) is 16.4 Å². The highest BCUT2D eigenvalue weighted by Crippen LogP contribution is 2.36. The molecule has 1 fully saturated rings. The minimum atomic E-state index is -0.441. The highest BCUT2D eigenvalue weighted by atomic mass is 16.7. The lowest BCUT2D eigenvalue weighted by Crippen LogP contribution is -2.41. The van der Waals surface area contributed by atoms with E-state index in [0.29, 0.717) is 12.1 Å². The summed E-state index contributed by atoms with van der Waals surface area (Å²) in [5.41, 5.74) is 1.45. The molecule has 2 heterocycles. The molecule has 2 aromatic rings. The molecular weight excluding hydrogens is 327 g/mol. The van der Waals surface area contributed by atoms with Gasteiger partial charge in [0.1, 0.15) is 6.07 Å². The van der Waals surface area contributed by atoms with E-state index in [1.807, 2.05) is 70.5 Å². The van der Waals surface area contributed by atoms with Crippen LogP contribution in [0.4, 0.5) is 0 Å². The molecule has 26 heavy (non-hydrogen) atoms. The van der Waals surface area contributed by atoms with Crippen molar-refractivity contribution in [2.45, 2.75) is 59.3 Å². The van der Waals surface area contributed by atoms with E-state index in [1.54, 1.807) is 0 Å². The van der Waals surface area contributed by atoms with Crippen LogP contribution in [-0.4, -0.2) is 34.6 Å². The zero-order valence-electron chi connectivity index (χ0n) is 16.5. The molecule has 1 N–H and O–H groups in total. The van der Waals surface area contributed by atoms with Crippen molar-refractivity contribution in [3.63, 3.8) is 0 Å². The molecule has 0 radical (unpaired) electrons. The Morgan fingerprint density at radius 3 is 2.35 bits per heavy atom. The summed E-state index contributed by atoms with van der Waals surface area (Å²) >= 11 is 0. The van der Waals surface area contributed by atoms with Gasteiger partial charge in [-0.3, -0.25) is 0 Å². The fraction of sp³-hybridized carbons (Fsp3) is 0.550. The van der Waals surface area contributed by atoms with Gasteiger partial charge in [-0.2, -0.15) is 5.26 Å². The molecule has 6 heteroatoms. The van der Waals surface area contributed by atoms with Crippen LogP contribution in [-0.2, 0) is 15.9 Å². The quantitative estimate of drug-likeness (QED) is 0.858. The van der Waals surface area contributed by atoms with Gasteiger partial charge in [0.05, 0.1) is 16.8 Å². The summed E-state index contributed by atoms with van der Waals surface area (Å²) in [5.74, 6) is 0. The van der Waals surface area contributed by atoms with Gasteiger partial charge in [-0.1, -0.05) is 26.0 Å². The number of nitriles is 1. The largest absolute Gasteiger partial charge is 0.494 e. The number of benzene rings is 1. The van der Waals surface area contributed by atoms with Crippen molar-refractivity contribution < 1.29 is 14.4 Å². The van der Waals surface area contributed by atoms with Crippen molar-refractivity contribution in [2.75, 3.05) is 6.61 Å². The van der Waals surface area contributed by atoms with E-state index in [-0.39, 0.29) is 12.0 Å². The molecule has 0 atom stereocenters. The Balaban J connectivity index is 2.04. The molecule has 1 aliphatic rings. The van der Waals surface area contributed by atoms with Crippen LogP contribution in [0.25, 0.3) is 10.9 Å². The molecule has 1 aliphatic heterocycles. The van der Waals surface area contributed by atoms with Crippen molar-refractivity contribution >= 4 is 23.5 Å². The van der Waals surface area contributed by atoms with E-state index in [1.165, 1.54) is 0 Å². The number of hydrogen-bond donors (Lipinski definition) is 1. The third-order valence-corrected chi connectivity index (χ3v) is 5.58. The molecule has 0 spiro atoms. The average molecular weight is 354 g/mol. The minimum Gasteiger partial charge on any atom is -0.399 e. The number of aromatic nitrogens is 1. The molecule has 1 aromatic heterocycles. The van der Waals surface area contributed by atoms with Gasteiger partial charge >= 0.3 is 7.12 Å². The molecule has 0 amide bonds. The van der Waals surface area contributed by atoms with Crippen LogP contribution in [0.5, 0.6) is 0 Å². The van der Waals surface area contributed by atoms with Gasteiger partial charge in [0.2, 0.25) is 0 Å². The summed E-state index contributed by atoms with van der Waals surface area (Å²) in [5, 5.41) is 20.0. The Morgan fingerprint density at radius 1 is 1.19 bits per heavy atom. The lowest BCUT2D eigenvalue weighted by molar-refractivity contribution is 0.00578. The molecule has 0 unspecified atom stereocenters. The van der Waals surface area contributed by atoms with Crippen molar-refractivity contribution in [3.05, 3.63) is 30.0 Å². The Kier molecular flexibility index (Phi) is 4.47. The zero-order valence-corrected chi connectivity index (χ0v) is 16.5. The fourth-order valence-corrected chi connectivity index (χ4v) is 3.17. The van der Waals surface area contributed by atoms with E-state index in [2.05, 4.69) is 6.07 Å². The molecular formula is C20H27BN2O3. The first-order valence-corrected chi connectivity index (χ1v) is 8.99. The summed E-state index contributed by atoms with van der Waals surface area (Å²) in [7, 11) is -0.441. The molecule has 0 bridgehead atoms. The predicted octanol–water partition coefficient (Wildman–Crippen LogP) is 2.83. The third kappa shape index (κ3) is 3.16. The Bertz CT molecular complexity index is 861. The molecule has 1 saturated heterocycles. The molecule has 1 aromatic carbocycles. The summed E-state index contributed by atoms with van der Waals surface area (Å²) in [6.07, 6.45) is 1.86. The van der Waals surface area contributed by atoms with Crippen LogP contribution < -0.4 is 5.46 Å². The molecule has 5 nitrogen and oxygen atoms in total. The van der Waals surface area contributed by atoms with Gasteiger partial charge in [0.15, 0.2) is 0 Å². The topological polar surface area (TPSA) is 67.4 Å². The molecule has 3 rings (SSSR count). The highest BCUT2D eigenvalue weighted by molar-refractivity contribution is 6.62. The first-order valence-electron chi connectivity index (χ1n) is 8.99. The second-order valence-corrected chi connectivity index (χ2v) is 8.97. The first-order chi connectivity index (χ1) is 12.0. The van der Waals surface area contributed by atoms with Crippen LogP contribution in [0.15, 0.2) is 24.4 Å². The van der Waals surface area contributed by atoms with Crippen LogP contribution in [0.3, 0.4) is 0 Å². The number of aliphatic hydroxyl groups is 1. The summed E-state index contributed by atoms with van der Waals surface area (Å²) < 4.78 is 14.4. The molecule has 0 aliphatic carbocycles. The van der Waals surface area contributed by atoms with Gasteiger partial charge < -0.3 is 19.0 Å². The van der Waals surface area contributed by atoms with Crippen molar-refractivity contribution in [1.82, 2.24) is 4.57 Å². The van der Waals surface area contributed by atoms with E-state index >= 15 is 0 Å². The van der Waals surface area contributed by atoms with Crippen LogP contribution in [0, 0.1) is 16.7 Å². The third-order valence-electron chi connectivity index (χ3n) is 5.58. The Morgan fingerprint density at radius 2 is 1.81 bits per heavy atom. The van der Waals surface area contributed by atoms with E-state index in [9.17, 15) is 10.4 Å². The minimum absolute atomic E-state index is 0.0749. The summed E-state index contributed by atoms with van der Waals surface area (Å²) in [6.45, 7) is 12.8. The van der Waals surface area contributed by atoms with Gasteiger partial charge in [-0.05, 0) is 39.2 Å².